The molecular formula is C137H90N12. The molecule has 0 fully saturated rings. The zero-order chi connectivity index (χ0) is 98.9. The van der Waals surface area contributed by atoms with Crippen LogP contribution in [0, 0.1) is 0 Å². The van der Waals surface area contributed by atoms with E-state index in [2.05, 4.69) is 463 Å². The minimum Gasteiger partial charge on any atom is -0.309 e. The fourth-order valence-corrected chi connectivity index (χ4v) is 20.7. The predicted octanol–water partition coefficient (Wildman–Crippen LogP) is 34.6. The van der Waals surface area contributed by atoms with Gasteiger partial charge in [-0.1, -0.05) is 419 Å². The van der Waals surface area contributed by atoms with Crippen LogP contribution in [0.2, 0.25) is 0 Å². The van der Waals surface area contributed by atoms with Gasteiger partial charge in [0.05, 0.1) is 33.1 Å². The van der Waals surface area contributed by atoms with Crippen LogP contribution in [0.5, 0.6) is 0 Å². The molecule has 0 unspecified atom stereocenters. The topological polar surface area (TPSA) is 131 Å². The Kier molecular flexibility index (Phi) is 23.4. The largest absolute Gasteiger partial charge is 0.309 e. The zero-order valence-electron chi connectivity index (χ0n) is 80.8. The molecule has 12 heteroatoms. The van der Waals surface area contributed by atoms with E-state index in [1.807, 2.05) is 97.1 Å². The highest BCUT2D eigenvalue weighted by atomic mass is 15.1. The summed E-state index contributed by atoms with van der Waals surface area (Å²) < 4.78 is 7.00. The van der Waals surface area contributed by atoms with Crippen LogP contribution in [0.3, 0.4) is 0 Å². The van der Waals surface area contributed by atoms with Gasteiger partial charge in [0, 0.05) is 99.5 Å². The summed E-state index contributed by atoms with van der Waals surface area (Å²) in [5.74, 6) is 5.77. The van der Waals surface area contributed by atoms with E-state index in [-0.39, 0.29) is 0 Å². The Balaban J connectivity index is 0.000000113. The maximum absolute atomic E-state index is 5.15. The standard InChI is InChI=1S/C49H32N4.C45H30N4.C43H28N4/c1-4-14-33(15-5-1)37-26-31-46-44(32-37)42-22-12-13-23-45(42)53(46)38-27-24-36(25-28-38)48-50-47(35-18-8-3-9-19-35)51-49(52-48)43-30-29-39(34-16-6-2-7-17-34)40-20-10-11-21-41(40)43;1-4-12-31(13-5-1)33-20-22-35(23-21-33)44-46-43(34-16-8-3-9-17-34)47-45(48-44)36-24-27-38(28-25-36)49-41-19-11-10-18-39(41)40-30-37(26-29-42(40)49)32-14-6-2-7-15-32;1-2-12-31(13-3-1)41-44-42(32-23-21-30(22-24-32)36-18-10-14-29-11-4-5-15-35(29)36)46-43(45-41)33-25-27-34(28-26-33)47-39-19-8-6-16-37(39)38-17-7-9-20-40(38)47/h1-32H;1-30H;1-28H. The summed E-state index contributed by atoms with van der Waals surface area (Å²) in [5, 5.41) is 12.1. The summed E-state index contributed by atoms with van der Waals surface area (Å²) in [7, 11) is 0. The molecule has 698 valence electrons. The minimum atomic E-state index is 0.631. The highest BCUT2D eigenvalue weighted by Crippen LogP contribution is 2.43. The van der Waals surface area contributed by atoms with Crippen LogP contribution in [0.1, 0.15) is 0 Å². The first-order valence-corrected chi connectivity index (χ1v) is 50.1. The van der Waals surface area contributed by atoms with Crippen molar-refractivity contribution in [2.45, 2.75) is 0 Å². The Morgan fingerprint density at radius 3 is 0.658 bits per heavy atom. The molecular weight excluding hydrogens is 1810 g/mol. The van der Waals surface area contributed by atoms with Crippen LogP contribution < -0.4 is 0 Å². The number of rotatable bonds is 17. The Bertz CT molecular complexity index is 9760. The van der Waals surface area contributed by atoms with Crippen molar-refractivity contribution in [3.63, 3.8) is 0 Å². The highest BCUT2D eigenvalue weighted by Gasteiger charge is 2.24. The van der Waals surface area contributed by atoms with Gasteiger partial charge in [-0.25, -0.2) is 44.9 Å². The highest BCUT2D eigenvalue weighted by molar-refractivity contribution is 6.13. The molecule has 0 bridgehead atoms. The Morgan fingerprint density at radius 1 is 0.107 bits per heavy atom. The van der Waals surface area contributed by atoms with E-state index in [0.29, 0.717) is 52.4 Å². The first kappa shape index (κ1) is 88.9. The Morgan fingerprint density at radius 2 is 0.309 bits per heavy atom. The number of fused-ring (bicyclic) bond motifs is 11. The molecule has 149 heavy (non-hydrogen) atoms. The second-order valence-corrected chi connectivity index (χ2v) is 37.0. The maximum Gasteiger partial charge on any atom is 0.164 e. The van der Waals surface area contributed by atoms with E-state index in [1.165, 1.54) is 121 Å². The number of aromatic nitrogens is 12. The van der Waals surface area contributed by atoms with Gasteiger partial charge in [0.25, 0.3) is 0 Å². The van der Waals surface area contributed by atoms with E-state index in [4.69, 9.17) is 44.9 Å². The third-order valence-electron chi connectivity index (χ3n) is 28.0. The maximum atomic E-state index is 5.15. The van der Waals surface area contributed by atoms with E-state index in [9.17, 15) is 0 Å². The van der Waals surface area contributed by atoms with Crippen molar-refractivity contribution < 1.29 is 0 Å². The van der Waals surface area contributed by atoms with Crippen LogP contribution in [0.15, 0.2) is 546 Å². The lowest BCUT2D eigenvalue weighted by molar-refractivity contribution is 1.07. The van der Waals surface area contributed by atoms with Crippen molar-refractivity contribution in [1.29, 1.82) is 0 Å². The van der Waals surface area contributed by atoms with Crippen LogP contribution in [0.25, 0.3) is 262 Å². The van der Waals surface area contributed by atoms with Gasteiger partial charge in [-0.15, -0.1) is 0 Å². The summed E-state index contributed by atoms with van der Waals surface area (Å²) in [6.07, 6.45) is 0. The van der Waals surface area contributed by atoms with Gasteiger partial charge >= 0.3 is 0 Å². The number of para-hydroxylation sites is 4. The van der Waals surface area contributed by atoms with E-state index < -0.39 is 0 Å². The summed E-state index contributed by atoms with van der Waals surface area (Å²) in [4.78, 5) is 45.1. The molecule has 0 atom stereocenters. The van der Waals surface area contributed by atoms with E-state index in [1.54, 1.807) is 0 Å². The predicted molar refractivity (Wildman–Crippen MR) is 614 cm³/mol. The van der Waals surface area contributed by atoms with Crippen molar-refractivity contribution >= 4 is 87.0 Å². The normalized spacial score (nSPS) is 11.4. The van der Waals surface area contributed by atoms with E-state index in [0.717, 1.165) is 89.0 Å². The van der Waals surface area contributed by atoms with Gasteiger partial charge in [0.2, 0.25) is 0 Å². The van der Waals surface area contributed by atoms with Crippen molar-refractivity contribution in [3.8, 4) is 175 Å². The van der Waals surface area contributed by atoms with Gasteiger partial charge in [-0.05, 0) is 205 Å². The molecule has 0 spiro atoms. The van der Waals surface area contributed by atoms with Crippen molar-refractivity contribution in [2.24, 2.45) is 0 Å². The molecule has 0 radical (unpaired) electrons. The number of hydrogen-bond donors (Lipinski definition) is 0. The quantitative estimate of drug-likeness (QED) is 0.0874. The fourth-order valence-electron chi connectivity index (χ4n) is 20.7. The smallest absolute Gasteiger partial charge is 0.164 e. The molecule has 0 amide bonds. The van der Waals surface area contributed by atoms with Crippen molar-refractivity contribution in [1.82, 2.24) is 58.6 Å². The molecule has 0 N–H and O–H groups in total. The fraction of sp³-hybridized carbons (Fsp3) is 0. The van der Waals surface area contributed by atoms with Crippen LogP contribution >= 0.6 is 0 Å². The first-order valence-electron chi connectivity index (χ1n) is 50.1. The molecule has 6 aromatic heterocycles. The van der Waals surface area contributed by atoms with Crippen LogP contribution in [-0.4, -0.2) is 58.6 Å². The average Bonchev–Trinajstić information content (AvgIpc) is 1.60. The third-order valence-corrected chi connectivity index (χ3v) is 28.0. The van der Waals surface area contributed by atoms with Gasteiger partial charge in [-0.3, -0.25) is 0 Å². The molecule has 12 nitrogen and oxygen atoms in total. The number of nitrogens with zero attached hydrogens (tertiary/aromatic N) is 12. The second-order valence-electron chi connectivity index (χ2n) is 37.0. The van der Waals surface area contributed by atoms with Crippen molar-refractivity contribution in [2.75, 3.05) is 0 Å². The second kappa shape index (κ2) is 39.2. The zero-order valence-corrected chi connectivity index (χ0v) is 80.8. The Hall–Kier alpha value is -20.2. The molecule has 28 aromatic rings. The Labute approximate surface area is 860 Å². The van der Waals surface area contributed by atoms with Gasteiger partial charge in [-0.2, -0.15) is 0 Å². The molecule has 28 rings (SSSR count). The van der Waals surface area contributed by atoms with Gasteiger partial charge in [0.15, 0.2) is 52.4 Å². The third kappa shape index (κ3) is 17.4. The lowest BCUT2D eigenvalue weighted by Gasteiger charge is -2.13. The molecule has 0 aliphatic rings. The molecule has 0 aliphatic heterocycles. The average molecular weight is 1900 g/mol. The molecule has 0 saturated carbocycles. The molecule has 0 aliphatic carbocycles. The summed E-state index contributed by atoms with van der Waals surface area (Å²) in [6, 6.07) is 191. The minimum absolute atomic E-state index is 0.631. The molecule has 22 aromatic carbocycles. The number of hydrogen-bond acceptors (Lipinski definition) is 9. The molecule has 0 saturated heterocycles. The lowest BCUT2D eigenvalue weighted by Crippen LogP contribution is -2.01. The SMILES string of the molecule is c1ccc(-c2ccc(-c3nc(-c4ccccc4)nc(-c4ccc(-n5c6ccccc6c6cc(-c7ccccc7)ccc65)cc4)n3)cc2)cc1.c1ccc(-c2ccc3c(c2)c2ccccc2n3-c2ccc(-c3nc(-c4ccccc4)nc(-c4ccc(-c5ccccc5)c5ccccc45)n3)cc2)cc1.c1ccc(-c2nc(-c3ccc(-c4cccc5ccccc45)cc3)nc(-c3ccc(-n4c5ccccc5c5ccccc54)cc3)n2)cc1. The van der Waals surface area contributed by atoms with Gasteiger partial charge in [0.1, 0.15) is 0 Å². The monoisotopic (exact) mass is 1900 g/mol. The van der Waals surface area contributed by atoms with Crippen LogP contribution in [-0.2, 0) is 0 Å². The lowest BCUT2D eigenvalue weighted by atomic mass is 9.95. The summed E-state index contributed by atoms with van der Waals surface area (Å²) in [6.45, 7) is 0. The molecule has 6 heterocycles. The van der Waals surface area contributed by atoms with E-state index >= 15 is 0 Å². The number of benzene rings is 22. The van der Waals surface area contributed by atoms with Gasteiger partial charge < -0.3 is 13.7 Å². The first-order chi connectivity index (χ1) is 73.9. The summed E-state index contributed by atoms with van der Waals surface area (Å²) >= 11 is 0. The summed E-state index contributed by atoms with van der Waals surface area (Å²) in [5.41, 5.74) is 30.7. The van der Waals surface area contributed by atoms with Crippen LogP contribution in [0.4, 0.5) is 0 Å². The van der Waals surface area contributed by atoms with Crippen molar-refractivity contribution in [3.05, 3.63) is 546 Å².